The lowest BCUT2D eigenvalue weighted by Crippen LogP contribution is -2.43. The number of ether oxygens (including phenoxy) is 4. The fourth-order valence-electron chi connectivity index (χ4n) is 8.04. The minimum atomic E-state index is -0.228. The molecule has 0 aromatic heterocycles. The van der Waals surface area contributed by atoms with Gasteiger partial charge in [-0.05, 0) is 48.1 Å². The van der Waals surface area contributed by atoms with Gasteiger partial charge in [-0.25, -0.2) is 5.84 Å². The summed E-state index contributed by atoms with van der Waals surface area (Å²) in [5.41, 5.74) is 10.9. The van der Waals surface area contributed by atoms with Crippen molar-refractivity contribution in [1.29, 1.82) is 0 Å². The van der Waals surface area contributed by atoms with Gasteiger partial charge in [0.2, 0.25) is 23.6 Å². The third-order valence-corrected chi connectivity index (χ3v) is 10.9. The fourth-order valence-corrected chi connectivity index (χ4v) is 8.04. The molecule has 2 aromatic rings. The molecule has 0 bridgehead atoms. The molecule has 2 aliphatic rings. The van der Waals surface area contributed by atoms with Crippen molar-refractivity contribution in [2.75, 3.05) is 85.4 Å². The van der Waals surface area contributed by atoms with Gasteiger partial charge in [0.1, 0.15) is 0 Å². The van der Waals surface area contributed by atoms with Crippen molar-refractivity contribution < 1.29 is 38.1 Å². The van der Waals surface area contributed by atoms with Crippen molar-refractivity contribution in [3.63, 3.8) is 0 Å². The number of carbonyl (C=O) groups excluding carboxylic acids is 4. The summed E-state index contributed by atoms with van der Waals surface area (Å²) in [6.07, 6.45) is 5.08. The smallest absolute Gasteiger partial charge is 0.239 e. The molecule has 60 heavy (non-hydrogen) atoms. The summed E-state index contributed by atoms with van der Waals surface area (Å²) < 4.78 is 21.2. The van der Waals surface area contributed by atoms with E-state index in [2.05, 4.69) is 41.5 Å². The van der Waals surface area contributed by atoms with E-state index in [1.165, 1.54) is 19.3 Å². The Bertz CT molecular complexity index is 1670. The number of hydrazine groups is 1. The Morgan fingerprint density at radius 2 is 1.43 bits per heavy atom. The van der Waals surface area contributed by atoms with Crippen molar-refractivity contribution >= 4 is 40.7 Å². The van der Waals surface area contributed by atoms with Crippen LogP contribution in [0, 0.1) is 23.7 Å². The number of amides is 4. The topological polar surface area (TPSA) is 200 Å². The number of rotatable bonds is 22. The summed E-state index contributed by atoms with van der Waals surface area (Å²) in [4.78, 5) is 51.7. The molecule has 2 aromatic carbocycles. The average molecular weight is 838 g/mol. The first-order valence-electron chi connectivity index (χ1n) is 21.3. The predicted molar refractivity (Wildman–Crippen MR) is 235 cm³/mol. The lowest BCUT2D eigenvalue weighted by Gasteiger charge is -2.40. The standard InChI is InChI=1S/C43H65N7O7.C2H6O/c1-5-10-32-26-30(2)25-31(3)36(32)27-47-40(53)28-48-39(52)17-19-55-21-23-57-24-22-56-20-18-50(45)43-34-12-7-6-11-33(34)29-49(41(54)16-15-38(51)46-4)37-14-9-8-13-35(37)42(43)44;1-3-2/h6-9,11-14,30-32,36H,5,10,15-29,44-45H2,1-4H3,(H,46,51)(H,47,53)(H,48,52);1-2H3/b43-42-;. The van der Waals surface area contributed by atoms with Crippen LogP contribution >= 0.6 is 0 Å². The summed E-state index contributed by atoms with van der Waals surface area (Å²) in [5.74, 6) is 8.32. The summed E-state index contributed by atoms with van der Waals surface area (Å²) in [6.45, 7) is 10.0. The molecule has 4 unspecified atom stereocenters. The van der Waals surface area contributed by atoms with Crippen molar-refractivity contribution in [3.05, 3.63) is 65.2 Å². The van der Waals surface area contributed by atoms with Gasteiger partial charge in [0.05, 0.1) is 76.4 Å². The molecule has 0 spiro atoms. The van der Waals surface area contributed by atoms with Gasteiger partial charge in [0, 0.05) is 58.2 Å². The van der Waals surface area contributed by atoms with Crippen molar-refractivity contribution in [3.8, 4) is 0 Å². The van der Waals surface area contributed by atoms with Gasteiger partial charge < -0.3 is 50.5 Å². The Hall–Kier alpha value is -4.54. The Kier molecular flexibility index (Phi) is 22.7. The van der Waals surface area contributed by atoms with E-state index in [0.29, 0.717) is 86.5 Å². The number of fused-ring (bicyclic) bond motifs is 2. The first-order valence-corrected chi connectivity index (χ1v) is 21.3. The number of carbonyl (C=O) groups is 4. The Labute approximate surface area is 357 Å². The third-order valence-electron chi connectivity index (χ3n) is 10.9. The van der Waals surface area contributed by atoms with Crippen LogP contribution < -0.4 is 32.4 Å². The van der Waals surface area contributed by atoms with Crippen molar-refractivity contribution in [1.82, 2.24) is 21.0 Å². The second-order valence-corrected chi connectivity index (χ2v) is 15.6. The normalized spacial score (nSPS) is 19.7. The van der Waals surface area contributed by atoms with Crippen LogP contribution in [-0.2, 0) is 44.7 Å². The number of nitrogens with zero attached hydrogens (tertiary/aromatic N) is 2. The van der Waals surface area contributed by atoms with E-state index in [4.69, 9.17) is 25.8 Å². The molecule has 1 aliphatic heterocycles. The largest absolute Gasteiger partial charge is 0.396 e. The first-order chi connectivity index (χ1) is 28.9. The maximum absolute atomic E-state index is 13.4. The number of benzene rings is 2. The quantitative estimate of drug-likeness (QED) is 0.0652. The van der Waals surface area contributed by atoms with E-state index in [0.717, 1.165) is 23.5 Å². The van der Waals surface area contributed by atoms with Crippen LogP contribution in [0.3, 0.4) is 0 Å². The Morgan fingerprint density at radius 3 is 2.12 bits per heavy atom. The molecule has 7 N–H and O–H groups in total. The minimum Gasteiger partial charge on any atom is -0.396 e. The second kappa shape index (κ2) is 27.3. The third kappa shape index (κ3) is 16.1. The van der Waals surface area contributed by atoms with Crippen LogP contribution in [-0.4, -0.2) is 109 Å². The molecule has 1 saturated carbocycles. The number of nitrogens with one attached hydrogen (secondary N) is 3. The van der Waals surface area contributed by atoms with Gasteiger partial charge in [-0.1, -0.05) is 76.1 Å². The van der Waals surface area contributed by atoms with E-state index in [9.17, 15) is 19.2 Å². The monoisotopic (exact) mass is 838 g/mol. The molecular weight excluding hydrogens is 767 g/mol. The molecule has 1 aliphatic carbocycles. The molecule has 0 radical (unpaired) electrons. The highest BCUT2D eigenvalue weighted by Gasteiger charge is 2.33. The van der Waals surface area contributed by atoms with E-state index in [1.807, 2.05) is 48.5 Å². The van der Waals surface area contributed by atoms with Crippen LogP contribution in [0.5, 0.6) is 0 Å². The van der Waals surface area contributed by atoms with Crippen molar-refractivity contribution in [2.45, 2.75) is 72.3 Å². The number of para-hydroxylation sites is 1. The van der Waals surface area contributed by atoms with Gasteiger partial charge in [-0.3, -0.25) is 19.2 Å². The summed E-state index contributed by atoms with van der Waals surface area (Å²) in [7, 11) is 4.80. The number of hydrogen-bond acceptors (Lipinski definition) is 11. The number of methoxy groups -OCH3 is 1. The molecule has 0 saturated heterocycles. The first kappa shape index (κ1) is 49.8. The number of anilines is 1. The minimum absolute atomic E-state index is 0.0323. The Morgan fingerprint density at radius 1 is 0.800 bits per heavy atom. The molecule has 4 amide bonds. The lowest BCUT2D eigenvalue weighted by molar-refractivity contribution is -0.127. The number of hydrogen-bond donors (Lipinski definition) is 5. The molecular formula is C45H71N7O8. The van der Waals surface area contributed by atoms with E-state index in [1.54, 1.807) is 31.2 Å². The van der Waals surface area contributed by atoms with Crippen LogP contribution in [0.4, 0.5) is 5.69 Å². The summed E-state index contributed by atoms with van der Waals surface area (Å²) in [5, 5.41) is 9.88. The summed E-state index contributed by atoms with van der Waals surface area (Å²) >= 11 is 0. The molecule has 4 atom stereocenters. The molecule has 1 heterocycles. The van der Waals surface area contributed by atoms with E-state index < -0.39 is 0 Å². The number of nitrogens with two attached hydrogens (primary N) is 2. The van der Waals surface area contributed by atoms with Gasteiger partial charge in [-0.15, -0.1) is 0 Å². The Balaban J connectivity index is 0.00000311. The second-order valence-electron chi connectivity index (χ2n) is 15.6. The fraction of sp³-hybridized carbons (Fsp3) is 0.600. The van der Waals surface area contributed by atoms with Crippen LogP contribution in [0.2, 0.25) is 0 Å². The highest BCUT2D eigenvalue weighted by molar-refractivity contribution is 6.01. The maximum atomic E-state index is 13.4. The molecule has 1 fully saturated rings. The highest BCUT2D eigenvalue weighted by Crippen LogP contribution is 2.40. The van der Waals surface area contributed by atoms with Gasteiger partial charge >= 0.3 is 0 Å². The van der Waals surface area contributed by atoms with Gasteiger partial charge in [-0.2, -0.15) is 0 Å². The molecule has 334 valence electrons. The lowest BCUT2D eigenvalue weighted by atomic mass is 9.67. The summed E-state index contributed by atoms with van der Waals surface area (Å²) in [6, 6.07) is 15.1. The zero-order valence-corrected chi connectivity index (χ0v) is 36.8. The zero-order chi connectivity index (χ0) is 43.9. The highest BCUT2D eigenvalue weighted by atomic mass is 16.5. The van der Waals surface area contributed by atoms with Gasteiger partial charge in [0.15, 0.2) is 0 Å². The zero-order valence-electron chi connectivity index (χ0n) is 36.8. The van der Waals surface area contributed by atoms with Gasteiger partial charge in [0.25, 0.3) is 0 Å². The van der Waals surface area contributed by atoms with Crippen LogP contribution in [0.15, 0.2) is 48.5 Å². The SMILES string of the molecule is CCCC1CC(C)CC(C)C1CNC(=O)CNC(=O)CCOCCOCCOCCN(N)/C1=C(\N)c2ccccc2N(C(=O)CCC(=O)NC)Cc2ccccc21.COC. The molecule has 15 heteroatoms. The average Bonchev–Trinajstić information content (AvgIpc) is 3.23. The predicted octanol–water partition coefficient (Wildman–Crippen LogP) is 4.05. The molecule has 4 rings (SSSR count). The van der Waals surface area contributed by atoms with Crippen molar-refractivity contribution in [2.24, 2.45) is 35.2 Å². The van der Waals surface area contributed by atoms with Crippen LogP contribution in [0.1, 0.15) is 82.4 Å². The maximum Gasteiger partial charge on any atom is 0.239 e. The molecule has 15 nitrogen and oxygen atoms in total. The van der Waals surface area contributed by atoms with E-state index in [-0.39, 0.29) is 62.6 Å². The van der Waals surface area contributed by atoms with Crippen LogP contribution in [0.25, 0.3) is 11.4 Å². The van der Waals surface area contributed by atoms with E-state index >= 15 is 0 Å².